The molecule has 0 saturated carbocycles. The molecule has 0 N–H and O–H groups in total. The molecule has 0 saturated heterocycles. The van der Waals surface area contributed by atoms with E-state index in [1.165, 1.54) is 0 Å². The molecule has 2 rings (SSSR count). The van der Waals surface area contributed by atoms with Crippen LogP contribution in [0, 0.1) is 5.92 Å². The van der Waals surface area contributed by atoms with Gasteiger partial charge < -0.3 is 4.74 Å². The fourth-order valence-corrected chi connectivity index (χ4v) is 2.00. The third kappa shape index (κ3) is 1.86. The van der Waals surface area contributed by atoms with E-state index in [4.69, 9.17) is 16.3 Å². The number of carbonyl (C=O) groups is 1. The van der Waals surface area contributed by atoms with Crippen LogP contribution in [0.25, 0.3) is 0 Å². The summed E-state index contributed by atoms with van der Waals surface area (Å²) in [7, 11) is 0. The van der Waals surface area contributed by atoms with Crippen LogP contribution in [0.1, 0.15) is 29.8 Å². The first-order valence-corrected chi connectivity index (χ1v) is 5.47. The van der Waals surface area contributed by atoms with Gasteiger partial charge in [0.25, 0.3) is 0 Å². The number of fused-ring (bicyclic) bond motifs is 1. The van der Waals surface area contributed by atoms with Gasteiger partial charge in [0.05, 0.1) is 12.2 Å². The number of Topliss-reactive ketones (excluding diaryl/α,β-unsaturated/α-hetero) is 1. The molecule has 0 fully saturated rings. The van der Waals surface area contributed by atoms with Gasteiger partial charge in [-0.1, -0.05) is 25.4 Å². The van der Waals surface area contributed by atoms with Crippen LogP contribution in [-0.4, -0.2) is 12.4 Å². The fourth-order valence-electron chi connectivity index (χ4n) is 1.76. The summed E-state index contributed by atoms with van der Waals surface area (Å²) in [6.45, 7) is 4.41. The Labute approximate surface area is 94.2 Å². The highest BCUT2D eigenvalue weighted by Crippen LogP contribution is 2.34. The number of hydrogen-bond donors (Lipinski definition) is 0. The van der Waals surface area contributed by atoms with Crippen molar-refractivity contribution in [2.75, 3.05) is 6.61 Å². The molecule has 3 heteroatoms. The minimum absolute atomic E-state index is 0.0308. The summed E-state index contributed by atoms with van der Waals surface area (Å²) in [6, 6.07) is 3.58. The SMILES string of the molecule is CC(C)C(=O)c1cc(Cl)cc2c1OCC2. The van der Waals surface area contributed by atoms with Gasteiger partial charge in [-0.25, -0.2) is 0 Å². The van der Waals surface area contributed by atoms with Crippen LogP contribution in [-0.2, 0) is 6.42 Å². The van der Waals surface area contributed by atoms with Gasteiger partial charge >= 0.3 is 0 Å². The van der Waals surface area contributed by atoms with Crippen LogP contribution < -0.4 is 4.74 Å². The highest BCUT2D eigenvalue weighted by Gasteiger charge is 2.23. The molecule has 1 aliphatic rings. The van der Waals surface area contributed by atoms with Gasteiger partial charge in [-0.3, -0.25) is 4.79 Å². The number of benzene rings is 1. The Morgan fingerprint density at radius 2 is 2.20 bits per heavy atom. The summed E-state index contributed by atoms with van der Waals surface area (Å²) in [5.74, 6) is 0.797. The van der Waals surface area contributed by atoms with Crippen LogP contribution >= 0.6 is 11.6 Å². The van der Waals surface area contributed by atoms with E-state index in [0.717, 1.165) is 17.7 Å². The minimum atomic E-state index is -0.0308. The van der Waals surface area contributed by atoms with Gasteiger partial charge in [-0.2, -0.15) is 0 Å². The van der Waals surface area contributed by atoms with Gasteiger partial charge in [-0.15, -0.1) is 0 Å². The van der Waals surface area contributed by atoms with E-state index in [9.17, 15) is 4.79 Å². The zero-order valence-electron chi connectivity index (χ0n) is 8.84. The largest absolute Gasteiger partial charge is 0.492 e. The van der Waals surface area contributed by atoms with Crippen LogP contribution in [0.5, 0.6) is 5.75 Å². The van der Waals surface area contributed by atoms with E-state index in [1.54, 1.807) is 6.07 Å². The normalized spacial score (nSPS) is 13.9. The molecule has 1 heterocycles. The Balaban J connectivity index is 2.51. The molecule has 0 atom stereocenters. The third-order valence-corrected chi connectivity index (χ3v) is 2.76. The van der Waals surface area contributed by atoms with E-state index < -0.39 is 0 Å². The molecule has 2 nitrogen and oxygen atoms in total. The molecule has 1 aromatic rings. The van der Waals surface area contributed by atoms with Crippen LogP contribution in [0.4, 0.5) is 0 Å². The lowest BCUT2D eigenvalue weighted by molar-refractivity contribution is 0.0936. The predicted molar refractivity (Wildman–Crippen MR) is 59.8 cm³/mol. The maximum atomic E-state index is 11.9. The second-order valence-electron chi connectivity index (χ2n) is 4.06. The second-order valence-corrected chi connectivity index (χ2v) is 4.50. The van der Waals surface area contributed by atoms with Crippen molar-refractivity contribution >= 4 is 17.4 Å². The van der Waals surface area contributed by atoms with Gasteiger partial charge in [0.1, 0.15) is 5.75 Å². The molecule has 0 aromatic heterocycles. The number of carbonyl (C=O) groups excluding carboxylic acids is 1. The first-order chi connectivity index (χ1) is 7.09. The van der Waals surface area contributed by atoms with Crippen LogP contribution in [0.2, 0.25) is 5.02 Å². The summed E-state index contributed by atoms with van der Waals surface area (Å²) < 4.78 is 5.48. The van der Waals surface area contributed by atoms with Crippen molar-refractivity contribution in [3.8, 4) is 5.75 Å². The lowest BCUT2D eigenvalue weighted by Crippen LogP contribution is -2.09. The van der Waals surface area contributed by atoms with Gasteiger partial charge in [-0.05, 0) is 17.7 Å². The van der Waals surface area contributed by atoms with Crippen LogP contribution in [0.3, 0.4) is 0 Å². The topological polar surface area (TPSA) is 26.3 Å². The summed E-state index contributed by atoms with van der Waals surface area (Å²) >= 11 is 5.97. The van der Waals surface area contributed by atoms with Gasteiger partial charge in [0.2, 0.25) is 0 Å². The Morgan fingerprint density at radius 1 is 1.47 bits per heavy atom. The lowest BCUT2D eigenvalue weighted by atomic mass is 9.98. The Hall–Kier alpha value is -1.02. The number of halogens is 1. The Morgan fingerprint density at radius 3 is 2.87 bits per heavy atom. The maximum absolute atomic E-state index is 11.9. The average Bonchev–Trinajstić information content (AvgIpc) is 2.62. The summed E-state index contributed by atoms with van der Waals surface area (Å²) in [5.41, 5.74) is 1.68. The number of rotatable bonds is 2. The monoisotopic (exact) mass is 224 g/mol. The summed E-state index contributed by atoms with van der Waals surface area (Å²) in [6.07, 6.45) is 0.842. The molecule has 1 aromatic carbocycles. The molecular formula is C12H13ClO2. The number of ether oxygens (including phenoxy) is 1. The highest BCUT2D eigenvalue weighted by atomic mass is 35.5. The molecule has 0 aliphatic carbocycles. The molecule has 0 radical (unpaired) electrons. The Bertz CT molecular complexity index is 410. The Kier molecular flexibility index (Phi) is 2.70. The molecule has 0 bridgehead atoms. The van der Waals surface area contributed by atoms with Crippen molar-refractivity contribution in [2.45, 2.75) is 20.3 Å². The van der Waals surface area contributed by atoms with E-state index >= 15 is 0 Å². The molecule has 80 valence electrons. The summed E-state index contributed by atoms with van der Waals surface area (Å²) in [4.78, 5) is 11.9. The standard InChI is InChI=1S/C12H13ClO2/c1-7(2)11(14)10-6-9(13)5-8-3-4-15-12(8)10/h5-7H,3-4H2,1-2H3. The minimum Gasteiger partial charge on any atom is -0.492 e. The zero-order chi connectivity index (χ0) is 11.0. The smallest absolute Gasteiger partial charge is 0.169 e. The van der Waals surface area contributed by atoms with Crippen molar-refractivity contribution in [3.05, 3.63) is 28.3 Å². The molecular weight excluding hydrogens is 212 g/mol. The highest BCUT2D eigenvalue weighted by molar-refractivity contribution is 6.31. The molecule has 0 unspecified atom stereocenters. The van der Waals surface area contributed by atoms with Gasteiger partial charge in [0, 0.05) is 17.4 Å². The number of ketones is 1. The van der Waals surface area contributed by atoms with Gasteiger partial charge in [0.15, 0.2) is 5.78 Å². The van der Waals surface area contributed by atoms with Crippen molar-refractivity contribution in [1.82, 2.24) is 0 Å². The quantitative estimate of drug-likeness (QED) is 0.722. The second kappa shape index (κ2) is 3.86. The van der Waals surface area contributed by atoms with E-state index in [0.29, 0.717) is 17.2 Å². The lowest BCUT2D eigenvalue weighted by Gasteiger charge is -2.09. The predicted octanol–water partition coefficient (Wildman–Crippen LogP) is 3.11. The molecule has 1 aliphatic heterocycles. The molecule has 15 heavy (non-hydrogen) atoms. The van der Waals surface area contributed by atoms with Crippen molar-refractivity contribution < 1.29 is 9.53 Å². The van der Waals surface area contributed by atoms with E-state index in [2.05, 4.69) is 0 Å². The first-order valence-electron chi connectivity index (χ1n) is 5.09. The van der Waals surface area contributed by atoms with E-state index in [-0.39, 0.29) is 11.7 Å². The fraction of sp³-hybridized carbons (Fsp3) is 0.417. The van der Waals surface area contributed by atoms with Crippen molar-refractivity contribution in [3.63, 3.8) is 0 Å². The first kappa shape index (κ1) is 10.5. The number of hydrogen-bond acceptors (Lipinski definition) is 2. The zero-order valence-corrected chi connectivity index (χ0v) is 9.60. The van der Waals surface area contributed by atoms with Crippen LogP contribution in [0.15, 0.2) is 12.1 Å². The third-order valence-electron chi connectivity index (χ3n) is 2.54. The molecule has 0 amide bonds. The maximum Gasteiger partial charge on any atom is 0.169 e. The van der Waals surface area contributed by atoms with Crippen molar-refractivity contribution in [1.29, 1.82) is 0 Å². The van der Waals surface area contributed by atoms with E-state index in [1.807, 2.05) is 19.9 Å². The molecule has 0 spiro atoms. The average molecular weight is 225 g/mol. The van der Waals surface area contributed by atoms with Crippen molar-refractivity contribution in [2.24, 2.45) is 5.92 Å². The summed E-state index contributed by atoms with van der Waals surface area (Å²) in [5, 5.41) is 0.614.